The van der Waals surface area contributed by atoms with Gasteiger partial charge in [-0.3, -0.25) is 9.59 Å². The van der Waals surface area contributed by atoms with Gasteiger partial charge in [0.15, 0.2) is 5.82 Å². The number of hydrogen-bond donors (Lipinski definition) is 0. The van der Waals surface area contributed by atoms with Crippen molar-refractivity contribution in [3.8, 4) is 0 Å². The molecule has 3 heterocycles. The summed E-state index contributed by atoms with van der Waals surface area (Å²) in [4.78, 5) is 39.5. The number of nitrogens with zero attached hydrogens (tertiary/aromatic N) is 4. The number of aromatic nitrogens is 2. The summed E-state index contributed by atoms with van der Waals surface area (Å²) >= 11 is 0. The Morgan fingerprint density at radius 1 is 0.970 bits per heavy atom. The number of fused-ring (bicyclic) bond motifs is 1. The molecule has 1 aromatic heterocycles. The summed E-state index contributed by atoms with van der Waals surface area (Å²) < 4.78 is 5.35. The number of benzene rings is 1. The van der Waals surface area contributed by atoms with Crippen LogP contribution in [0.1, 0.15) is 81.5 Å². The first-order chi connectivity index (χ1) is 16.1. The summed E-state index contributed by atoms with van der Waals surface area (Å²) in [5.74, 6) is 0.646. The third kappa shape index (κ3) is 4.51. The minimum atomic E-state index is -0.159. The van der Waals surface area contributed by atoms with Crippen LogP contribution >= 0.6 is 0 Å². The maximum atomic E-state index is 13.5. The zero-order chi connectivity index (χ0) is 22.8. The number of ether oxygens (including phenoxy) is 1. The largest absolute Gasteiger partial charge is 0.378 e. The maximum absolute atomic E-state index is 13.5. The Morgan fingerprint density at radius 3 is 2.55 bits per heavy atom. The van der Waals surface area contributed by atoms with Gasteiger partial charge in [-0.05, 0) is 75.1 Å². The second kappa shape index (κ2) is 9.59. The van der Waals surface area contributed by atoms with Gasteiger partial charge >= 0.3 is 0 Å². The third-order valence-electron chi connectivity index (χ3n) is 7.18. The number of carbonyl (C=O) groups excluding carboxylic acids is 2. The summed E-state index contributed by atoms with van der Waals surface area (Å²) in [6.45, 7) is 4.86. The molecule has 0 bridgehead atoms. The van der Waals surface area contributed by atoms with Gasteiger partial charge in [-0.15, -0.1) is 0 Å². The molecular weight excluding hydrogens is 416 g/mol. The fraction of sp³-hybridized carbons (Fsp3) is 0.538. The lowest BCUT2D eigenvalue weighted by atomic mass is 9.90. The molecule has 0 unspecified atom stereocenters. The van der Waals surface area contributed by atoms with Crippen LogP contribution < -0.4 is 0 Å². The monoisotopic (exact) mass is 448 g/mol. The summed E-state index contributed by atoms with van der Waals surface area (Å²) in [6, 6.07) is 6.05. The number of rotatable bonds is 3. The van der Waals surface area contributed by atoms with Gasteiger partial charge in [0.2, 0.25) is 0 Å². The second-order valence-corrected chi connectivity index (χ2v) is 9.33. The van der Waals surface area contributed by atoms with Gasteiger partial charge in [-0.1, -0.05) is 6.07 Å². The van der Waals surface area contributed by atoms with Crippen LogP contribution in [-0.2, 0) is 17.6 Å². The van der Waals surface area contributed by atoms with Gasteiger partial charge in [-0.25, -0.2) is 9.97 Å². The van der Waals surface area contributed by atoms with E-state index in [9.17, 15) is 9.59 Å². The zero-order valence-electron chi connectivity index (χ0n) is 19.4. The lowest BCUT2D eigenvalue weighted by Crippen LogP contribution is -2.41. The van der Waals surface area contributed by atoms with Crippen LogP contribution in [0.2, 0.25) is 0 Å². The maximum Gasteiger partial charge on any atom is 0.257 e. The SMILES string of the molecule is Cc1nc([C@@H]2CCCCN2C(=O)c2ccc3c(c2)CCCC3)ncc1C(=O)N1CCOCC1. The normalized spacial score (nSPS) is 20.9. The van der Waals surface area contributed by atoms with Crippen LogP contribution in [0, 0.1) is 6.92 Å². The number of aryl methyl sites for hydroxylation is 3. The highest BCUT2D eigenvalue weighted by molar-refractivity contribution is 5.95. The Kier molecular flexibility index (Phi) is 6.40. The first-order valence-corrected chi connectivity index (χ1v) is 12.2. The minimum absolute atomic E-state index is 0.0482. The third-order valence-corrected chi connectivity index (χ3v) is 7.18. The summed E-state index contributed by atoms with van der Waals surface area (Å²) in [7, 11) is 0. The Hall–Kier alpha value is -2.80. The molecule has 1 aromatic carbocycles. The average molecular weight is 449 g/mol. The number of piperidine rings is 1. The molecule has 1 aliphatic carbocycles. The van der Waals surface area contributed by atoms with Gasteiger partial charge < -0.3 is 14.5 Å². The predicted octanol–water partition coefficient (Wildman–Crippen LogP) is 3.50. The molecule has 0 N–H and O–H groups in total. The van der Waals surface area contributed by atoms with Crippen LogP contribution in [0.5, 0.6) is 0 Å². The predicted molar refractivity (Wildman–Crippen MR) is 124 cm³/mol. The van der Waals surface area contributed by atoms with E-state index < -0.39 is 0 Å². The molecule has 7 heteroatoms. The summed E-state index contributed by atoms with van der Waals surface area (Å²) in [6.07, 6.45) is 9.10. The molecule has 5 rings (SSSR count). The molecule has 1 atom stereocenters. The quantitative estimate of drug-likeness (QED) is 0.718. The van der Waals surface area contributed by atoms with Crippen molar-refractivity contribution >= 4 is 11.8 Å². The molecular formula is C26H32N4O3. The Balaban J connectivity index is 1.37. The fourth-order valence-electron chi connectivity index (χ4n) is 5.27. The number of likely N-dealkylation sites (tertiary alicyclic amines) is 1. The molecule has 0 saturated carbocycles. The highest BCUT2D eigenvalue weighted by atomic mass is 16.5. The standard InChI is InChI=1S/C26H32N4O3/c1-18-22(26(32)29-12-14-33-15-13-29)17-27-24(28-18)23-8-4-5-11-30(23)25(31)21-10-9-19-6-2-3-7-20(19)16-21/h9-10,16-17,23H,2-8,11-15H2,1H3/t23-/m0/s1. The number of amides is 2. The van der Waals surface area contributed by atoms with Crippen LogP contribution in [0.3, 0.4) is 0 Å². The van der Waals surface area contributed by atoms with Gasteiger partial charge in [0, 0.05) is 31.4 Å². The van der Waals surface area contributed by atoms with E-state index in [1.807, 2.05) is 17.9 Å². The number of morpholine rings is 1. The van der Waals surface area contributed by atoms with Crippen molar-refractivity contribution in [2.24, 2.45) is 0 Å². The zero-order valence-corrected chi connectivity index (χ0v) is 19.4. The summed E-state index contributed by atoms with van der Waals surface area (Å²) in [5, 5.41) is 0. The smallest absolute Gasteiger partial charge is 0.257 e. The molecule has 2 aromatic rings. The van der Waals surface area contributed by atoms with E-state index in [2.05, 4.69) is 17.1 Å². The Morgan fingerprint density at radius 2 is 1.76 bits per heavy atom. The van der Waals surface area contributed by atoms with Crippen molar-refractivity contribution in [2.45, 2.75) is 57.9 Å². The topological polar surface area (TPSA) is 75.6 Å². The number of carbonyl (C=O) groups is 2. The molecule has 7 nitrogen and oxygen atoms in total. The second-order valence-electron chi connectivity index (χ2n) is 9.33. The summed E-state index contributed by atoms with van der Waals surface area (Å²) in [5.41, 5.74) is 4.66. The van der Waals surface area contributed by atoms with E-state index in [0.717, 1.165) is 37.7 Å². The highest BCUT2D eigenvalue weighted by Gasteiger charge is 2.32. The van der Waals surface area contributed by atoms with Gasteiger partial charge in [0.1, 0.15) is 0 Å². The molecule has 0 radical (unpaired) electrons. The van der Waals surface area contributed by atoms with E-state index in [1.54, 1.807) is 11.1 Å². The van der Waals surface area contributed by atoms with E-state index in [0.29, 0.717) is 49.9 Å². The highest BCUT2D eigenvalue weighted by Crippen LogP contribution is 2.31. The van der Waals surface area contributed by atoms with Crippen LogP contribution in [-0.4, -0.2) is 64.4 Å². The molecule has 2 saturated heterocycles. The first kappa shape index (κ1) is 22.0. The molecule has 2 amide bonds. The average Bonchev–Trinajstić information content (AvgIpc) is 2.88. The minimum Gasteiger partial charge on any atom is -0.378 e. The van der Waals surface area contributed by atoms with Gasteiger partial charge in [0.25, 0.3) is 11.8 Å². The van der Waals surface area contributed by atoms with Crippen molar-refractivity contribution in [3.63, 3.8) is 0 Å². The molecule has 2 fully saturated rings. The van der Waals surface area contributed by atoms with Crippen molar-refractivity contribution in [3.05, 3.63) is 58.2 Å². The lowest BCUT2D eigenvalue weighted by molar-refractivity contribution is 0.0301. The van der Waals surface area contributed by atoms with Crippen molar-refractivity contribution in [2.75, 3.05) is 32.8 Å². The van der Waals surface area contributed by atoms with Crippen LogP contribution in [0.15, 0.2) is 24.4 Å². The first-order valence-electron chi connectivity index (χ1n) is 12.2. The van der Waals surface area contributed by atoms with Crippen LogP contribution in [0.25, 0.3) is 0 Å². The molecule has 33 heavy (non-hydrogen) atoms. The van der Waals surface area contributed by atoms with E-state index in [-0.39, 0.29) is 17.9 Å². The van der Waals surface area contributed by atoms with Crippen molar-refractivity contribution in [1.29, 1.82) is 0 Å². The van der Waals surface area contributed by atoms with Crippen molar-refractivity contribution in [1.82, 2.24) is 19.8 Å². The Bertz CT molecular complexity index is 1050. The molecule has 3 aliphatic rings. The molecule has 0 spiro atoms. The Labute approximate surface area is 195 Å². The van der Waals surface area contributed by atoms with Crippen LogP contribution in [0.4, 0.5) is 0 Å². The van der Waals surface area contributed by atoms with E-state index in [1.165, 1.54) is 24.0 Å². The van der Waals surface area contributed by atoms with E-state index >= 15 is 0 Å². The van der Waals surface area contributed by atoms with Crippen molar-refractivity contribution < 1.29 is 14.3 Å². The van der Waals surface area contributed by atoms with E-state index in [4.69, 9.17) is 9.72 Å². The van der Waals surface area contributed by atoms with Gasteiger partial charge in [-0.2, -0.15) is 0 Å². The van der Waals surface area contributed by atoms with Gasteiger partial charge in [0.05, 0.1) is 30.5 Å². The number of hydrogen-bond acceptors (Lipinski definition) is 5. The lowest BCUT2D eigenvalue weighted by Gasteiger charge is -2.35. The molecule has 2 aliphatic heterocycles. The fourth-order valence-corrected chi connectivity index (χ4v) is 5.27. The molecule has 174 valence electrons.